The SMILES string of the molecule is CCCOc1c(-c2ccccc2)cc(N=C(C)c2cccc(C(C)=Nc3c(C)cc(C)cc3C)n2)cc1-c1ccccc1.[Co]. The van der Waals surface area contributed by atoms with E-state index in [2.05, 4.69) is 100 Å². The van der Waals surface area contributed by atoms with Gasteiger partial charge < -0.3 is 4.74 Å². The van der Waals surface area contributed by atoms with Crippen molar-refractivity contribution >= 4 is 22.8 Å². The summed E-state index contributed by atoms with van der Waals surface area (Å²) in [5.41, 5.74) is 13.0. The van der Waals surface area contributed by atoms with E-state index in [1.165, 1.54) is 16.7 Å². The second kappa shape index (κ2) is 14.9. The van der Waals surface area contributed by atoms with Gasteiger partial charge in [-0.1, -0.05) is 91.3 Å². The molecule has 4 nitrogen and oxygen atoms in total. The molecule has 0 unspecified atom stereocenters. The van der Waals surface area contributed by atoms with E-state index in [1.807, 2.05) is 44.2 Å². The fourth-order valence-corrected chi connectivity index (χ4v) is 5.36. The normalized spacial score (nSPS) is 11.7. The van der Waals surface area contributed by atoms with Crippen LogP contribution in [0.15, 0.2) is 113 Å². The van der Waals surface area contributed by atoms with Gasteiger partial charge in [-0.3, -0.25) is 9.98 Å². The third-order valence-corrected chi connectivity index (χ3v) is 7.40. The molecular formula is C39H39CoN3O. The van der Waals surface area contributed by atoms with Gasteiger partial charge in [-0.25, -0.2) is 4.98 Å². The van der Waals surface area contributed by atoms with Crippen molar-refractivity contribution in [3.8, 4) is 28.0 Å². The maximum absolute atomic E-state index is 6.41. The Morgan fingerprint density at radius 1 is 0.659 bits per heavy atom. The fourth-order valence-electron chi connectivity index (χ4n) is 5.36. The Hall–Kier alpha value is -4.32. The van der Waals surface area contributed by atoms with E-state index in [0.29, 0.717) is 6.61 Å². The van der Waals surface area contributed by atoms with Crippen molar-refractivity contribution in [1.29, 1.82) is 0 Å². The van der Waals surface area contributed by atoms with E-state index in [1.54, 1.807) is 0 Å². The molecule has 0 aliphatic carbocycles. The summed E-state index contributed by atoms with van der Waals surface area (Å²) in [5.74, 6) is 0.879. The molecule has 0 spiro atoms. The second-order valence-corrected chi connectivity index (χ2v) is 11.0. The summed E-state index contributed by atoms with van der Waals surface area (Å²) in [7, 11) is 0. The number of rotatable bonds is 9. The van der Waals surface area contributed by atoms with Crippen LogP contribution in [0.5, 0.6) is 5.75 Å². The molecule has 1 heterocycles. The van der Waals surface area contributed by atoms with Crippen molar-refractivity contribution in [1.82, 2.24) is 4.98 Å². The van der Waals surface area contributed by atoms with E-state index < -0.39 is 0 Å². The molecule has 1 aromatic heterocycles. The minimum atomic E-state index is 0. The van der Waals surface area contributed by atoms with Gasteiger partial charge in [-0.15, -0.1) is 0 Å². The smallest absolute Gasteiger partial charge is 0.135 e. The van der Waals surface area contributed by atoms with Crippen molar-refractivity contribution in [2.24, 2.45) is 9.98 Å². The summed E-state index contributed by atoms with van der Waals surface area (Å²) in [6.07, 6.45) is 0.926. The molecule has 0 amide bonds. The molecular weight excluding hydrogens is 585 g/mol. The Labute approximate surface area is 272 Å². The van der Waals surface area contributed by atoms with Crippen LogP contribution >= 0.6 is 0 Å². The number of ether oxygens (including phenoxy) is 1. The van der Waals surface area contributed by atoms with Crippen LogP contribution < -0.4 is 4.74 Å². The van der Waals surface area contributed by atoms with Crippen molar-refractivity contribution < 1.29 is 21.5 Å². The maximum Gasteiger partial charge on any atom is 0.135 e. The molecule has 1 radical (unpaired) electrons. The average Bonchev–Trinajstić information content (AvgIpc) is 3.02. The van der Waals surface area contributed by atoms with Gasteiger partial charge in [0.05, 0.1) is 40.8 Å². The van der Waals surface area contributed by atoms with Gasteiger partial charge in [0.15, 0.2) is 0 Å². The summed E-state index contributed by atoms with van der Waals surface area (Å²) in [6.45, 7) is 13.1. The van der Waals surface area contributed by atoms with Crippen molar-refractivity contribution in [2.45, 2.75) is 48.0 Å². The van der Waals surface area contributed by atoms with Crippen LogP contribution in [-0.4, -0.2) is 23.0 Å². The number of benzene rings is 4. The Bertz CT molecular complexity index is 1710. The largest absolute Gasteiger partial charge is 0.492 e. The minimum Gasteiger partial charge on any atom is -0.492 e. The number of hydrogen-bond acceptors (Lipinski definition) is 4. The fraction of sp³-hybridized carbons (Fsp3) is 0.205. The van der Waals surface area contributed by atoms with Gasteiger partial charge in [-0.2, -0.15) is 0 Å². The standard InChI is InChI=1S/C39H39N3O.Co/c1-7-21-43-39-34(31-15-10-8-11-16-31)24-33(25-35(39)32-17-12-9-13-18-32)40-29(5)36-19-14-20-37(42-36)30(6)41-38-27(3)22-26(2)23-28(38)4;/h8-20,22-25H,7,21H2,1-6H3;. The van der Waals surface area contributed by atoms with Crippen LogP contribution in [-0.2, 0) is 16.8 Å². The molecule has 5 aromatic rings. The third kappa shape index (κ3) is 7.60. The molecule has 4 aromatic carbocycles. The Morgan fingerprint density at radius 2 is 1.16 bits per heavy atom. The summed E-state index contributed by atoms with van der Waals surface area (Å²) in [4.78, 5) is 15.1. The molecule has 0 aliphatic rings. The average molecular weight is 625 g/mol. The van der Waals surface area contributed by atoms with Crippen molar-refractivity contribution in [2.75, 3.05) is 6.61 Å². The maximum atomic E-state index is 6.41. The summed E-state index contributed by atoms with van der Waals surface area (Å²) in [6, 6.07) is 35.4. The van der Waals surface area contributed by atoms with Gasteiger partial charge in [-0.05, 0) is 87.6 Å². The van der Waals surface area contributed by atoms with Crippen LogP contribution in [0.4, 0.5) is 11.4 Å². The Morgan fingerprint density at radius 3 is 1.66 bits per heavy atom. The molecule has 5 rings (SSSR count). The van der Waals surface area contributed by atoms with Crippen LogP contribution in [0.2, 0.25) is 0 Å². The third-order valence-electron chi connectivity index (χ3n) is 7.40. The van der Waals surface area contributed by atoms with Crippen LogP contribution in [0.25, 0.3) is 22.3 Å². The van der Waals surface area contributed by atoms with Gasteiger partial charge in [0, 0.05) is 27.9 Å². The summed E-state index contributed by atoms with van der Waals surface area (Å²) >= 11 is 0. The second-order valence-electron chi connectivity index (χ2n) is 11.0. The first-order valence-electron chi connectivity index (χ1n) is 14.9. The molecule has 0 aliphatic heterocycles. The molecule has 44 heavy (non-hydrogen) atoms. The van der Waals surface area contributed by atoms with E-state index in [0.717, 1.165) is 68.6 Å². The number of aromatic nitrogens is 1. The number of pyridine rings is 1. The molecule has 5 heteroatoms. The number of nitrogens with zero attached hydrogens (tertiary/aromatic N) is 3. The minimum absolute atomic E-state index is 0. The number of hydrogen-bond donors (Lipinski definition) is 0. The zero-order valence-electron chi connectivity index (χ0n) is 26.3. The van der Waals surface area contributed by atoms with E-state index in [-0.39, 0.29) is 16.8 Å². The Balaban J connectivity index is 0.00000442. The summed E-state index contributed by atoms with van der Waals surface area (Å²) < 4.78 is 6.41. The van der Waals surface area contributed by atoms with Crippen LogP contribution in [0, 0.1) is 20.8 Å². The van der Waals surface area contributed by atoms with E-state index >= 15 is 0 Å². The molecule has 0 N–H and O–H groups in total. The predicted molar refractivity (Wildman–Crippen MR) is 182 cm³/mol. The van der Waals surface area contributed by atoms with E-state index in [4.69, 9.17) is 19.7 Å². The molecule has 0 saturated heterocycles. The predicted octanol–water partition coefficient (Wildman–Crippen LogP) is 10.4. The van der Waals surface area contributed by atoms with Gasteiger partial charge in [0.25, 0.3) is 0 Å². The molecule has 225 valence electrons. The van der Waals surface area contributed by atoms with Crippen molar-refractivity contribution in [3.63, 3.8) is 0 Å². The zero-order valence-corrected chi connectivity index (χ0v) is 27.4. The first kappa shape index (κ1) is 32.6. The van der Waals surface area contributed by atoms with E-state index in [9.17, 15) is 0 Å². The first-order chi connectivity index (χ1) is 20.8. The number of aryl methyl sites for hydroxylation is 3. The quantitative estimate of drug-likeness (QED) is 0.153. The molecule has 0 fully saturated rings. The molecule has 0 atom stereocenters. The van der Waals surface area contributed by atoms with Crippen molar-refractivity contribution in [3.05, 3.63) is 131 Å². The molecule has 0 bridgehead atoms. The zero-order chi connectivity index (χ0) is 30.3. The number of aliphatic imine (C=N–C) groups is 2. The van der Waals surface area contributed by atoms with Gasteiger partial charge >= 0.3 is 0 Å². The molecule has 0 saturated carbocycles. The monoisotopic (exact) mass is 624 g/mol. The van der Waals surface area contributed by atoms with Gasteiger partial charge in [0.2, 0.25) is 0 Å². The first-order valence-corrected chi connectivity index (χ1v) is 14.9. The van der Waals surface area contributed by atoms with Gasteiger partial charge in [0.1, 0.15) is 5.75 Å². The Kier molecular flexibility index (Phi) is 11.0. The van der Waals surface area contributed by atoms with Crippen LogP contribution in [0.3, 0.4) is 0 Å². The summed E-state index contributed by atoms with van der Waals surface area (Å²) in [5, 5.41) is 0. The topological polar surface area (TPSA) is 46.8 Å². The van der Waals surface area contributed by atoms with Crippen LogP contribution in [0.1, 0.15) is 55.3 Å².